The number of likely N-dealkylation sites (N-methyl/N-ethyl adjacent to an activating group) is 1. The second-order valence-corrected chi connectivity index (χ2v) is 5.11. The smallest absolute Gasteiger partial charge is 0.0945 e. The van der Waals surface area contributed by atoms with E-state index in [1.54, 1.807) is 0 Å². The zero-order chi connectivity index (χ0) is 13.1. The van der Waals surface area contributed by atoms with E-state index in [1.165, 1.54) is 10.8 Å². The topological polar surface area (TPSA) is 32.3 Å². The summed E-state index contributed by atoms with van der Waals surface area (Å²) in [5, 5.41) is 16.0. The molecule has 0 spiro atoms. The maximum Gasteiger partial charge on any atom is 0.0945 e. The van der Waals surface area contributed by atoms with Gasteiger partial charge in [0.25, 0.3) is 0 Å². The fraction of sp³-hybridized carbons (Fsp3) is 0.375. The number of aliphatic hydroxyl groups excluding tert-OH is 1. The summed E-state index contributed by atoms with van der Waals surface area (Å²) >= 11 is 0. The highest BCUT2D eigenvalue weighted by molar-refractivity contribution is 5.83. The zero-order valence-corrected chi connectivity index (χ0v) is 11.2. The van der Waals surface area contributed by atoms with Gasteiger partial charge < -0.3 is 10.4 Å². The van der Waals surface area contributed by atoms with Crippen molar-refractivity contribution in [2.24, 2.45) is 5.92 Å². The minimum absolute atomic E-state index is 0.0752. The predicted molar refractivity (Wildman–Crippen MR) is 76.6 cm³/mol. The van der Waals surface area contributed by atoms with Crippen LogP contribution in [0.2, 0.25) is 0 Å². The summed E-state index contributed by atoms with van der Waals surface area (Å²) < 4.78 is 0. The van der Waals surface area contributed by atoms with E-state index in [2.05, 4.69) is 43.4 Å². The molecule has 0 radical (unpaired) electrons. The SMILES string of the molecule is CNC(C(C)C)C(O)c1ccc2ccccc2c1. The van der Waals surface area contributed by atoms with Crippen molar-refractivity contribution in [2.45, 2.75) is 26.0 Å². The molecular formula is C16H21NO. The van der Waals surface area contributed by atoms with Gasteiger partial charge in [-0.05, 0) is 35.4 Å². The van der Waals surface area contributed by atoms with Gasteiger partial charge in [0.2, 0.25) is 0 Å². The second-order valence-electron chi connectivity index (χ2n) is 5.11. The molecule has 0 bridgehead atoms. The first kappa shape index (κ1) is 13.1. The van der Waals surface area contributed by atoms with Crippen LogP contribution < -0.4 is 5.32 Å². The van der Waals surface area contributed by atoms with E-state index < -0.39 is 6.10 Å². The van der Waals surface area contributed by atoms with Gasteiger partial charge in [-0.15, -0.1) is 0 Å². The summed E-state index contributed by atoms with van der Waals surface area (Å²) in [5.41, 5.74) is 0.974. The zero-order valence-electron chi connectivity index (χ0n) is 11.2. The van der Waals surface area contributed by atoms with Crippen LogP contribution >= 0.6 is 0 Å². The molecule has 0 saturated heterocycles. The van der Waals surface area contributed by atoms with Crippen molar-refractivity contribution in [3.8, 4) is 0 Å². The first-order chi connectivity index (χ1) is 8.63. The van der Waals surface area contributed by atoms with E-state index in [0.29, 0.717) is 5.92 Å². The molecule has 0 aliphatic heterocycles. The van der Waals surface area contributed by atoms with Crippen molar-refractivity contribution in [3.05, 3.63) is 48.0 Å². The summed E-state index contributed by atoms with van der Waals surface area (Å²) in [7, 11) is 1.90. The van der Waals surface area contributed by atoms with Gasteiger partial charge in [-0.1, -0.05) is 50.2 Å². The molecule has 2 N–H and O–H groups in total. The van der Waals surface area contributed by atoms with E-state index in [0.717, 1.165) is 5.56 Å². The lowest BCUT2D eigenvalue weighted by Crippen LogP contribution is -2.36. The Morgan fingerprint density at radius 3 is 2.28 bits per heavy atom. The normalized spacial score (nSPS) is 14.9. The maximum atomic E-state index is 10.4. The maximum absolute atomic E-state index is 10.4. The number of aliphatic hydroxyl groups is 1. The Bertz CT molecular complexity index is 521. The third kappa shape index (κ3) is 2.55. The number of hydrogen-bond donors (Lipinski definition) is 2. The molecule has 2 aromatic carbocycles. The van der Waals surface area contributed by atoms with Crippen molar-refractivity contribution < 1.29 is 5.11 Å². The lowest BCUT2D eigenvalue weighted by atomic mass is 9.92. The van der Waals surface area contributed by atoms with E-state index in [1.807, 2.05) is 25.2 Å². The number of nitrogens with one attached hydrogen (secondary N) is 1. The van der Waals surface area contributed by atoms with Gasteiger partial charge in [0.05, 0.1) is 6.10 Å². The summed E-state index contributed by atoms with van der Waals surface area (Å²) in [5.74, 6) is 0.386. The van der Waals surface area contributed by atoms with Gasteiger partial charge in [0.1, 0.15) is 0 Å². The van der Waals surface area contributed by atoms with Crippen LogP contribution in [0.4, 0.5) is 0 Å². The molecular weight excluding hydrogens is 222 g/mol. The Morgan fingerprint density at radius 2 is 1.67 bits per heavy atom. The van der Waals surface area contributed by atoms with Crippen LogP contribution in [0.25, 0.3) is 10.8 Å². The molecule has 96 valence electrons. The molecule has 0 amide bonds. The molecule has 0 fully saturated rings. The molecule has 18 heavy (non-hydrogen) atoms. The molecule has 2 atom stereocenters. The third-order valence-electron chi connectivity index (χ3n) is 3.51. The first-order valence-corrected chi connectivity index (χ1v) is 6.47. The highest BCUT2D eigenvalue weighted by Crippen LogP contribution is 2.25. The summed E-state index contributed by atoms with van der Waals surface area (Å²) in [6.45, 7) is 4.23. The van der Waals surface area contributed by atoms with E-state index in [9.17, 15) is 5.11 Å². The minimum Gasteiger partial charge on any atom is -0.387 e. The Morgan fingerprint density at radius 1 is 1.00 bits per heavy atom. The summed E-state index contributed by atoms with van der Waals surface area (Å²) in [6, 6.07) is 14.5. The van der Waals surface area contributed by atoms with Crippen molar-refractivity contribution in [1.82, 2.24) is 5.32 Å². The van der Waals surface area contributed by atoms with Crippen molar-refractivity contribution in [1.29, 1.82) is 0 Å². The van der Waals surface area contributed by atoms with Crippen LogP contribution in [0.15, 0.2) is 42.5 Å². The molecule has 0 saturated carbocycles. The predicted octanol–water partition coefficient (Wildman–Crippen LogP) is 3.12. The van der Waals surface area contributed by atoms with Crippen LogP contribution in [0.5, 0.6) is 0 Å². The highest BCUT2D eigenvalue weighted by atomic mass is 16.3. The average molecular weight is 243 g/mol. The monoisotopic (exact) mass is 243 g/mol. The lowest BCUT2D eigenvalue weighted by Gasteiger charge is -2.26. The highest BCUT2D eigenvalue weighted by Gasteiger charge is 2.22. The number of benzene rings is 2. The van der Waals surface area contributed by atoms with Gasteiger partial charge in [-0.25, -0.2) is 0 Å². The standard InChI is InChI=1S/C16H21NO/c1-11(2)15(17-3)16(18)14-9-8-12-6-4-5-7-13(12)10-14/h4-11,15-18H,1-3H3. The lowest BCUT2D eigenvalue weighted by molar-refractivity contribution is 0.110. The van der Waals surface area contributed by atoms with Crippen molar-refractivity contribution >= 4 is 10.8 Å². The summed E-state index contributed by atoms with van der Waals surface area (Å²) in [6.07, 6.45) is -0.473. The van der Waals surface area contributed by atoms with Gasteiger partial charge in [0, 0.05) is 6.04 Å². The Hall–Kier alpha value is -1.38. The summed E-state index contributed by atoms with van der Waals surface area (Å²) in [4.78, 5) is 0. The van der Waals surface area contributed by atoms with Crippen molar-refractivity contribution in [2.75, 3.05) is 7.05 Å². The van der Waals surface area contributed by atoms with Crippen LogP contribution in [0.1, 0.15) is 25.5 Å². The average Bonchev–Trinajstić information content (AvgIpc) is 2.38. The Labute approximate surface area is 109 Å². The molecule has 0 aliphatic rings. The van der Waals surface area contributed by atoms with E-state index >= 15 is 0 Å². The molecule has 2 nitrogen and oxygen atoms in total. The van der Waals surface area contributed by atoms with Gasteiger partial charge >= 0.3 is 0 Å². The molecule has 2 rings (SSSR count). The molecule has 2 unspecified atom stereocenters. The minimum atomic E-state index is -0.473. The van der Waals surface area contributed by atoms with Crippen molar-refractivity contribution in [3.63, 3.8) is 0 Å². The fourth-order valence-corrected chi connectivity index (χ4v) is 2.45. The van der Waals surface area contributed by atoms with Crippen LogP contribution in [0, 0.1) is 5.92 Å². The van der Waals surface area contributed by atoms with E-state index in [-0.39, 0.29) is 6.04 Å². The number of hydrogen-bond acceptors (Lipinski definition) is 2. The molecule has 0 aromatic heterocycles. The van der Waals surface area contributed by atoms with Gasteiger partial charge in [0.15, 0.2) is 0 Å². The third-order valence-corrected chi connectivity index (χ3v) is 3.51. The van der Waals surface area contributed by atoms with Crippen LogP contribution in [-0.2, 0) is 0 Å². The van der Waals surface area contributed by atoms with E-state index in [4.69, 9.17) is 0 Å². The Balaban J connectivity index is 2.35. The van der Waals surface area contributed by atoms with Gasteiger partial charge in [-0.2, -0.15) is 0 Å². The van der Waals surface area contributed by atoms with Crippen LogP contribution in [0.3, 0.4) is 0 Å². The molecule has 0 heterocycles. The van der Waals surface area contributed by atoms with Crippen LogP contribution in [-0.4, -0.2) is 18.2 Å². The molecule has 2 heteroatoms. The van der Waals surface area contributed by atoms with Gasteiger partial charge in [-0.3, -0.25) is 0 Å². The molecule has 2 aromatic rings. The first-order valence-electron chi connectivity index (χ1n) is 6.47. The second kappa shape index (κ2) is 5.51. The largest absolute Gasteiger partial charge is 0.387 e. The quantitative estimate of drug-likeness (QED) is 0.864. The Kier molecular flexibility index (Phi) is 4.00. The fourth-order valence-electron chi connectivity index (χ4n) is 2.45. The number of fused-ring (bicyclic) bond motifs is 1. The molecule has 0 aliphatic carbocycles. The number of rotatable bonds is 4.